The molecule has 0 aliphatic heterocycles. The van der Waals surface area contributed by atoms with Gasteiger partial charge in [-0.3, -0.25) is 4.79 Å². The molecule has 3 N–H and O–H groups in total. The molecule has 136 valence electrons. The quantitative estimate of drug-likeness (QED) is 0.539. The number of nitrogens with zero attached hydrogens (tertiary/aromatic N) is 3. The van der Waals surface area contributed by atoms with E-state index in [0.29, 0.717) is 23.1 Å². The summed E-state index contributed by atoms with van der Waals surface area (Å²) < 4.78 is 4.87. The molecule has 0 bridgehead atoms. The molecule has 1 unspecified atom stereocenters. The highest BCUT2D eigenvalue weighted by Gasteiger charge is 2.12. The first-order valence-corrected chi connectivity index (χ1v) is 8.15. The molecule has 0 radical (unpaired) electrons. The standard InChI is InChI=1S/C18H19N3O5/c22-10-13(23)11-26-18(25)8-6-12-5-7-17(24)16(9-12)21-19-14-3-1-2-4-15(14)20-21/h1-5,7,9,13,22-24H,6,8,10-11H2. The Labute approximate surface area is 149 Å². The summed E-state index contributed by atoms with van der Waals surface area (Å²) in [4.78, 5) is 13.0. The molecule has 0 spiro atoms. The smallest absolute Gasteiger partial charge is 0.306 e. The Kier molecular flexibility index (Phi) is 5.45. The first kappa shape index (κ1) is 17.8. The van der Waals surface area contributed by atoms with Gasteiger partial charge in [-0.05, 0) is 36.2 Å². The van der Waals surface area contributed by atoms with Gasteiger partial charge in [0.05, 0.1) is 6.61 Å². The molecule has 26 heavy (non-hydrogen) atoms. The lowest BCUT2D eigenvalue weighted by Crippen LogP contribution is -2.22. The van der Waals surface area contributed by atoms with Crippen LogP contribution in [0.4, 0.5) is 0 Å². The van der Waals surface area contributed by atoms with Crippen LogP contribution in [0.3, 0.4) is 0 Å². The fraction of sp³-hybridized carbons (Fsp3) is 0.278. The zero-order chi connectivity index (χ0) is 18.5. The number of rotatable bonds is 7. The number of carbonyl (C=O) groups is 1. The molecule has 1 atom stereocenters. The molecule has 1 aromatic heterocycles. The second kappa shape index (κ2) is 7.94. The summed E-state index contributed by atoms with van der Waals surface area (Å²) >= 11 is 0. The Hall–Kier alpha value is -2.97. The van der Waals surface area contributed by atoms with Crippen molar-refractivity contribution in [1.29, 1.82) is 0 Å². The largest absolute Gasteiger partial charge is 0.506 e. The lowest BCUT2D eigenvalue weighted by atomic mass is 10.1. The fourth-order valence-electron chi connectivity index (χ4n) is 2.41. The number of aromatic hydroxyl groups is 1. The molecule has 0 aliphatic carbocycles. The number of aryl methyl sites for hydroxylation is 1. The van der Waals surface area contributed by atoms with Gasteiger partial charge in [-0.2, -0.15) is 0 Å². The second-order valence-electron chi connectivity index (χ2n) is 5.82. The van der Waals surface area contributed by atoms with Gasteiger partial charge in [0.1, 0.15) is 35.2 Å². The van der Waals surface area contributed by atoms with E-state index in [1.54, 1.807) is 12.1 Å². The Morgan fingerprint density at radius 2 is 1.85 bits per heavy atom. The third kappa shape index (κ3) is 4.16. The van der Waals surface area contributed by atoms with Gasteiger partial charge in [0, 0.05) is 6.42 Å². The number of fused-ring (bicyclic) bond motifs is 1. The first-order chi connectivity index (χ1) is 12.6. The van der Waals surface area contributed by atoms with Gasteiger partial charge < -0.3 is 20.1 Å². The predicted octanol–water partition coefficient (Wildman–Crippen LogP) is 0.955. The number of phenols is 1. The van der Waals surface area contributed by atoms with Crippen LogP contribution >= 0.6 is 0 Å². The van der Waals surface area contributed by atoms with Crippen molar-refractivity contribution in [2.75, 3.05) is 13.2 Å². The molecule has 0 amide bonds. The summed E-state index contributed by atoms with van der Waals surface area (Å²) in [5.41, 5.74) is 2.65. The van der Waals surface area contributed by atoms with Gasteiger partial charge in [0.2, 0.25) is 0 Å². The average molecular weight is 357 g/mol. The van der Waals surface area contributed by atoms with E-state index in [4.69, 9.17) is 9.84 Å². The Balaban J connectivity index is 1.70. The van der Waals surface area contributed by atoms with Crippen molar-refractivity contribution in [2.45, 2.75) is 18.9 Å². The lowest BCUT2D eigenvalue weighted by molar-refractivity contribution is -0.147. The summed E-state index contributed by atoms with van der Waals surface area (Å²) in [5, 5.41) is 36.7. The predicted molar refractivity (Wildman–Crippen MR) is 92.9 cm³/mol. The average Bonchev–Trinajstić information content (AvgIpc) is 3.09. The Morgan fingerprint density at radius 1 is 1.15 bits per heavy atom. The van der Waals surface area contributed by atoms with Crippen LogP contribution in [0.25, 0.3) is 16.7 Å². The lowest BCUT2D eigenvalue weighted by Gasteiger charge is -2.09. The molecule has 0 saturated carbocycles. The molecular formula is C18H19N3O5. The van der Waals surface area contributed by atoms with E-state index >= 15 is 0 Å². The summed E-state index contributed by atoms with van der Waals surface area (Å²) in [6.45, 7) is -0.695. The van der Waals surface area contributed by atoms with Crippen LogP contribution in [0.2, 0.25) is 0 Å². The van der Waals surface area contributed by atoms with Gasteiger partial charge in [0.15, 0.2) is 0 Å². The number of phenolic OH excluding ortho intramolecular Hbond substituents is 1. The highest BCUT2D eigenvalue weighted by Crippen LogP contribution is 2.23. The normalized spacial score (nSPS) is 12.2. The number of aliphatic hydroxyl groups is 2. The number of aromatic nitrogens is 3. The number of ether oxygens (including phenoxy) is 1. The minimum Gasteiger partial charge on any atom is -0.506 e. The fourth-order valence-corrected chi connectivity index (χ4v) is 2.41. The van der Waals surface area contributed by atoms with Crippen molar-refractivity contribution in [3.63, 3.8) is 0 Å². The van der Waals surface area contributed by atoms with E-state index in [1.807, 2.05) is 24.3 Å². The van der Waals surface area contributed by atoms with E-state index in [9.17, 15) is 15.0 Å². The number of carbonyl (C=O) groups excluding carboxylic acids is 1. The number of aliphatic hydroxyl groups excluding tert-OH is 2. The van der Waals surface area contributed by atoms with Crippen LogP contribution in [0, 0.1) is 0 Å². The third-order valence-electron chi connectivity index (χ3n) is 3.81. The molecule has 0 fully saturated rings. The summed E-state index contributed by atoms with van der Waals surface area (Å²) in [7, 11) is 0. The van der Waals surface area contributed by atoms with Gasteiger partial charge in [-0.15, -0.1) is 15.0 Å². The minimum absolute atomic E-state index is 0.0303. The zero-order valence-corrected chi connectivity index (χ0v) is 13.9. The maximum absolute atomic E-state index is 11.7. The van der Waals surface area contributed by atoms with Gasteiger partial charge in [-0.25, -0.2) is 0 Å². The van der Waals surface area contributed by atoms with Crippen LogP contribution in [0.15, 0.2) is 42.5 Å². The van der Waals surface area contributed by atoms with Gasteiger partial charge >= 0.3 is 5.97 Å². The van der Waals surface area contributed by atoms with Crippen molar-refractivity contribution in [3.8, 4) is 11.4 Å². The van der Waals surface area contributed by atoms with Gasteiger partial charge in [-0.1, -0.05) is 18.2 Å². The monoisotopic (exact) mass is 357 g/mol. The molecule has 3 rings (SSSR count). The van der Waals surface area contributed by atoms with Gasteiger partial charge in [0.25, 0.3) is 0 Å². The van der Waals surface area contributed by atoms with Crippen molar-refractivity contribution >= 4 is 17.0 Å². The van der Waals surface area contributed by atoms with Crippen molar-refractivity contribution in [3.05, 3.63) is 48.0 Å². The molecule has 8 heteroatoms. The van der Waals surface area contributed by atoms with Crippen molar-refractivity contribution < 1.29 is 24.9 Å². The van der Waals surface area contributed by atoms with Crippen molar-refractivity contribution in [1.82, 2.24) is 15.0 Å². The first-order valence-electron chi connectivity index (χ1n) is 8.15. The Morgan fingerprint density at radius 3 is 2.50 bits per heavy atom. The highest BCUT2D eigenvalue weighted by atomic mass is 16.5. The van der Waals surface area contributed by atoms with E-state index in [-0.39, 0.29) is 18.8 Å². The van der Waals surface area contributed by atoms with Crippen LogP contribution < -0.4 is 0 Å². The van der Waals surface area contributed by atoms with E-state index in [0.717, 1.165) is 5.56 Å². The number of esters is 1. The summed E-state index contributed by atoms with van der Waals surface area (Å²) in [6, 6.07) is 12.3. The van der Waals surface area contributed by atoms with E-state index in [2.05, 4.69) is 10.2 Å². The third-order valence-corrected chi connectivity index (χ3v) is 3.81. The minimum atomic E-state index is -1.07. The maximum Gasteiger partial charge on any atom is 0.306 e. The number of benzene rings is 2. The van der Waals surface area contributed by atoms with Crippen molar-refractivity contribution in [2.24, 2.45) is 0 Å². The molecule has 8 nitrogen and oxygen atoms in total. The SMILES string of the molecule is O=C(CCc1ccc(O)c(-n2nc3ccccc3n2)c1)OCC(O)CO. The maximum atomic E-state index is 11.7. The number of hydrogen-bond acceptors (Lipinski definition) is 7. The topological polar surface area (TPSA) is 118 Å². The molecule has 0 saturated heterocycles. The van der Waals surface area contributed by atoms with Crippen LogP contribution in [-0.4, -0.2) is 55.6 Å². The highest BCUT2D eigenvalue weighted by molar-refractivity contribution is 5.73. The second-order valence-corrected chi connectivity index (χ2v) is 5.82. The summed E-state index contributed by atoms with van der Waals surface area (Å²) in [5.74, 6) is -0.447. The van der Waals surface area contributed by atoms with E-state index < -0.39 is 18.7 Å². The summed E-state index contributed by atoms with van der Waals surface area (Å²) in [6.07, 6.45) is -0.571. The van der Waals surface area contributed by atoms with Crippen LogP contribution in [0.5, 0.6) is 5.75 Å². The van der Waals surface area contributed by atoms with E-state index in [1.165, 1.54) is 10.9 Å². The molecule has 1 heterocycles. The number of hydrogen-bond donors (Lipinski definition) is 3. The van der Waals surface area contributed by atoms with Crippen LogP contribution in [0.1, 0.15) is 12.0 Å². The molecular weight excluding hydrogens is 338 g/mol. The Bertz CT molecular complexity index is 876. The molecule has 3 aromatic rings. The zero-order valence-electron chi connectivity index (χ0n) is 13.9. The molecule has 0 aliphatic rings. The van der Waals surface area contributed by atoms with Crippen LogP contribution in [-0.2, 0) is 16.0 Å². The molecule has 2 aromatic carbocycles.